The molecule has 3 atom stereocenters. The van der Waals surface area contributed by atoms with Gasteiger partial charge in [0, 0.05) is 0 Å². The molecule has 0 bridgehead atoms. The highest BCUT2D eigenvalue weighted by molar-refractivity contribution is 4.83. The summed E-state index contributed by atoms with van der Waals surface area (Å²) in [6.45, 7) is 11.5. The third kappa shape index (κ3) is 10.8. The summed E-state index contributed by atoms with van der Waals surface area (Å²) in [6.07, 6.45) is 18.0. The Morgan fingerprint density at radius 1 is 0.857 bits per heavy atom. The molecule has 0 radical (unpaired) electrons. The number of unbranched alkanes of at least 4 members (excludes halogenated alkanes) is 2. The van der Waals surface area contributed by atoms with Gasteiger partial charge in [0.15, 0.2) is 0 Å². The van der Waals surface area contributed by atoms with Crippen LogP contribution in [-0.2, 0) is 0 Å². The molecule has 0 fully saturated rings. The average molecular weight is 293 g/mol. The standard InChI is InChI=1S/C21H40/c1-6-10-12-15-19(5)16-13-14-18-21(9-4)20(8-3)17-11-7-2/h6,12,19-21H,7-9,11,13-18H2,1-5H3. The second kappa shape index (κ2) is 14.5. The van der Waals surface area contributed by atoms with Crippen LogP contribution in [-0.4, -0.2) is 0 Å². The van der Waals surface area contributed by atoms with Crippen LogP contribution in [0.2, 0.25) is 0 Å². The molecule has 0 spiro atoms. The van der Waals surface area contributed by atoms with Gasteiger partial charge in [-0.1, -0.05) is 85.5 Å². The first-order valence-corrected chi connectivity index (χ1v) is 9.54. The van der Waals surface area contributed by atoms with E-state index in [0.717, 1.165) is 17.8 Å². The molecule has 0 nitrogen and oxygen atoms in total. The maximum Gasteiger partial charge on any atom is -0.0249 e. The van der Waals surface area contributed by atoms with E-state index >= 15 is 0 Å². The van der Waals surface area contributed by atoms with Crippen LogP contribution in [0, 0.1) is 17.8 Å². The lowest BCUT2D eigenvalue weighted by molar-refractivity contribution is 0.263. The van der Waals surface area contributed by atoms with Crippen molar-refractivity contribution in [2.45, 2.75) is 98.8 Å². The fraction of sp³-hybridized carbons (Fsp3) is 0.857. The van der Waals surface area contributed by atoms with Gasteiger partial charge in [-0.05, 0) is 43.3 Å². The molecular weight excluding hydrogens is 252 g/mol. The molecule has 21 heavy (non-hydrogen) atoms. The molecule has 0 saturated heterocycles. The van der Waals surface area contributed by atoms with Crippen molar-refractivity contribution in [1.82, 2.24) is 0 Å². The third-order valence-electron chi connectivity index (χ3n) is 4.97. The maximum absolute atomic E-state index is 3.19. The molecule has 0 saturated carbocycles. The van der Waals surface area contributed by atoms with E-state index in [0.29, 0.717) is 0 Å². The molecule has 0 aromatic rings. The molecule has 0 amide bonds. The Morgan fingerprint density at radius 3 is 1.95 bits per heavy atom. The van der Waals surface area contributed by atoms with Gasteiger partial charge in [-0.3, -0.25) is 0 Å². The topological polar surface area (TPSA) is 0 Å². The van der Waals surface area contributed by atoms with E-state index in [-0.39, 0.29) is 0 Å². The van der Waals surface area contributed by atoms with Crippen LogP contribution in [0.5, 0.6) is 0 Å². The Bertz CT molecular complexity index is 270. The van der Waals surface area contributed by atoms with Gasteiger partial charge in [0.25, 0.3) is 0 Å². The molecule has 0 aliphatic rings. The predicted octanol–water partition coefficient (Wildman–Crippen LogP) is 7.55. The van der Waals surface area contributed by atoms with Crippen LogP contribution < -0.4 is 0 Å². The monoisotopic (exact) mass is 292 g/mol. The number of hydrogen-bond acceptors (Lipinski definition) is 0. The van der Waals surface area contributed by atoms with Gasteiger partial charge in [-0.2, -0.15) is 0 Å². The molecule has 3 unspecified atom stereocenters. The zero-order chi connectivity index (χ0) is 15.9. The first-order valence-electron chi connectivity index (χ1n) is 9.54. The first-order chi connectivity index (χ1) is 10.2. The lowest BCUT2D eigenvalue weighted by atomic mass is 9.81. The second-order valence-corrected chi connectivity index (χ2v) is 6.76. The molecule has 0 aliphatic heterocycles. The van der Waals surface area contributed by atoms with Gasteiger partial charge in [0.05, 0.1) is 0 Å². The Kier molecular flexibility index (Phi) is 14.1. The van der Waals surface area contributed by atoms with Crippen LogP contribution in [0.25, 0.3) is 0 Å². The van der Waals surface area contributed by atoms with Crippen molar-refractivity contribution < 1.29 is 0 Å². The van der Waals surface area contributed by atoms with Crippen LogP contribution >= 0.6 is 0 Å². The van der Waals surface area contributed by atoms with Crippen molar-refractivity contribution in [3.8, 4) is 0 Å². The molecule has 0 heteroatoms. The number of allylic oxidation sites excluding steroid dienone is 1. The van der Waals surface area contributed by atoms with Gasteiger partial charge in [-0.25, -0.2) is 0 Å². The summed E-state index contributed by atoms with van der Waals surface area (Å²) in [6, 6.07) is 0. The van der Waals surface area contributed by atoms with Crippen LogP contribution in [0.15, 0.2) is 17.9 Å². The summed E-state index contributed by atoms with van der Waals surface area (Å²) in [5, 5.41) is 0. The minimum Gasteiger partial charge on any atom is -0.130 e. The Labute approximate surface area is 135 Å². The Hall–Kier alpha value is -0.480. The summed E-state index contributed by atoms with van der Waals surface area (Å²) in [4.78, 5) is 0. The van der Waals surface area contributed by atoms with E-state index in [9.17, 15) is 0 Å². The van der Waals surface area contributed by atoms with Crippen LogP contribution in [0.3, 0.4) is 0 Å². The molecular formula is C21H40. The van der Waals surface area contributed by atoms with Crippen LogP contribution in [0.4, 0.5) is 0 Å². The zero-order valence-electron chi connectivity index (χ0n) is 15.5. The summed E-state index contributed by atoms with van der Waals surface area (Å²) in [7, 11) is 0. The van der Waals surface area contributed by atoms with Gasteiger partial charge < -0.3 is 0 Å². The van der Waals surface area contributed by atoms with Gasteiger partial charge in [0.2, 0.25) is 0 Å². The fourth-order valence-electron chi connectivity index (χ4n) is 3.42. The van der Waals surface area contributed by atoms with E-state index in [1.165, 1.54) is 64.2 Å². The minimum absolute atomic E-state index is 0.819. The Morgan fingerprint density at radius 2 is 1.43 bits per heavy atom. The van der Waals surface area contributed by atoms with Crippen molar-refractivity contribution in [3.05, 3.63) is 17.9 Å². The predicted molar refractivity (Wildman–Crippen MR) is 97.7 cm³/mol. The molecule has 0 aromatic carbocycles. The van der Waals surface area contributed by atoms with Crippen LogP contribution in [0.1, 0.15) is 98.8 Å². The largest absolute Gasteiger partial charge is 0.130 e. The molecule has 0 aliphatic carbocycles. The molecule has 0 N–H and O–H groups in total. The van der Waals surface area contributed by atoms with E-state index < -0.39 is 0 Å². The number of hydrogen-bond donors (Lipinski definition) is 0. The minimum atomic E-state index is 0.819. The SMILES string of the molecule is CC=C=CCC(C)CCCCC(CC)C(CC)CCCC. The Balaban J connectivity index is 3.91. The molecule has 0 aromatic heterocycles. The fourth-order valence-corrected chi connectivity index (χ4v) is 3.42. The highest BCUT2D eigenvalue weighted by Crippen LogP contribution is 2.29. The van der Waals surface area contributed by atoms with Crippen molar-refractivity contribution in [3.63, 3.8) is 0 Å². The van der Waals surface area contributed by atoms with E-state index in [2.05, 4.69) is 39.5 Å². The summed E-state index contributed by atoms with van der Waals surface area (Å²) in [5.74, 6) is 2.77. The van der Waals surface area contributed by atoms with E-state index in [1.54, 1.807) is 0 Å². The van der Waals surface area contributed by atoms with Gasteiger partial charge >= 0.3 is 0 Å². The second-order valence-electron chi connectivity index (χ2n) is 6.76. The summed E-state index contributed by atoms with van der Waals surface area (Å²) >= 11 is 0. The smallest absolute Gasteiger partial charge is 0.0249 e. The third-order valence-corrected chi connectivity index (χ3v) is 4.97. The summed E-state index contributed by atoms with van der Waals surface area (Å²) < 4.78 is 0. The first kappa shape index (κ1) is 20.5. The zero-order valence-corrected chi connectivity index (χ0v) is 15.5. The average Bonchev–Trinajstić information content (AvgIpc) is 2.50. The quantitative estimate of drug-likeness (QED) is 0.243. The molecule has 0 rings (SSSR count). The lowest BCUT2D eigenvalue weighted by Gasteiger charge is -2.25. The highest BCUT2D eigenvalue weighted by atomic mass is 14.2. The molecule has 0 heterocycles. The van der Waals surface area contributed by atoms with Crippen molar-refractivity contribution in [1.29, 1.82) is 0 Å². The highest BCUT2D eigenvalue weighted by Gasteiger charge is 2.17. The van der Waals surface area contributed by atoms with E-state index in [1.807, 2.05) is 13.0 Å². The van der Waals surface area contributed by atoms with Crippen molar-refractivity contribution in [2.24, 2.45) is 17.8 Å². The van der Waals surface area contributed by atoms with Gasteiger partial charge in [-0.15, -0.1) is 5.73 Å². The van der Waals surface area contributed by atoms with Gasteiger partial charge in [0.1, 0.15) is 0 Å². The molecule has 124 valence electrons. The lowest BCUT2D eigenvalue weighted by Crippen LogP contribution is -2.13. The normalized spacial score (nSPS) is 15.1. The number of rotatable bonds is 13. The summed E-state index contributed by atoms with van der Waals surface area (Å²) in [5.41, 5.74) is 3.19. The maximum atomic E-state index is 3.19. The van der Waals surface area contributed by atoms with Crippen molar-refractivity contribution in [2.75, 3.05) is 0 Å². The van der Waals surface area contributed by atoms with E-state index in [4.69, 9.17) is 0 Å². The van der Waals surface area contributed by atoms with Crippen molar-refractivity contribution >= 4 is 0 Å².